The van der Waals surface area contributed by atoms with Crippen LogP contribution >= 0.6 is 15.9 Å². The number of hydrogen-bond acceptors (Lipinski definition) is 2. The molecule has 1 amide bonds. The summed E-state index contributed by atoms with van der Waals surface area (Å²) in [5, 5.41) is 2.91. The molecule has 0 saturated heterocycles. The molecule has 0 spiro atoms. The first-order valence-electron chi connectivity index (χ1n) is 5.35. The van der Waals surface area contributed by atoms with E-state index in [4.69, 9.17) is 4.74 Å². The van der Waals surface area contributed by atoms with Gasteiger partial charge in [-0.2, -0.15) is 0 Å². The summed E-state index contributed by atoms with van der Waals surface area (Å²) in [7, 11) is 1.60. The van der Waals surface area contributed by atoms with Gasteiger partial charge in [0.2, 0.25) is 5.91 Å². The Morgan fingerprint density at radius 2 is 2.25 bits per heavy atom. The molecule has 3 nitrogen and oxygen atoms in total. The van der Waals surface area contributed by atoms with Crippen LogP contribution in [0.2, 0.25) is 0 Å². The van der Waals surface area contributed by atoms with Crippen LogP contribution in [0.3, 0.4) is 0 Å². The molecule has 16 heavy (non-hydrogen) atoms. The van der Waals surface area contributed by atoms with E-state index in [1.165, 1.54) is 0 Å². The fourth-order valence-electron chi connectivity index (χ4n) is 1.72. The van der Waals surface area contributed by atoms with Gasteiger partial charge in [-0.05, 0) is 40.9 Å². The third kappa shape index (κ3) is 2.21. The molecule has 0 unspecified atom stereocenters. The molecule has 0 radical (unpaired) electrons. The minimum absolute atomic E-state index is 0.0997. The van der Waals surface area contributed by atoms with Gasteiger partial charge in [0, 0.05) is 5.92 Å². The van der Waals surface area contributed by atoms with Gasteiger partial charge in [-0.1, -0.05) is 12.5 Å². The second-order valence-corrected chi connectivity index (χ2v) is 4.79. The van der Waals surface area contributed by atoms with E-state index < -0.39 is 0 Å². The monoisotopic (exact) mass is 283 g/mol. The van der Waals surface area contributed by atoms with E-state index in [0.717, 1.165) is 29.4 Å². The van der Waals surface area contributed by atoms with Crippen molar-refractivity contribution in [2.75, 3.05) is 12.4 Å². The van der Waals surface area contributed by atoms with Crippen LogP contribution in [-0.4, -0.2) is 13.0 Å². The molecule has 0 heterocycles. The molecule has 1 aliphatic carbocycles. The summed E-state index contributed by atoms with van der Waals surface area (Å²) in [6.45, 7) is 0. The van der Waals surface area contributed by atoms with Crippen molar-refractivity contribution in [2.24, 2.45) is 5.92 Å². The molecule has 1 aromatic carbocycles. The number of methoxy groups -OCH3 is 1. The average molecular weight is 284 g/mol. The van der Waals surface area contributed by atoms with Gasteiger partial charge in [-0.3, -0.25) is 4.79 Å². The normalized spacial score (nSPS) is 15.4. The SMILES string of the molecule is COc1c(Br)cccc1NC(=O)C1CCC1. The van der Waals surface area contributed by atoms with Gasteiger partial charge in [0.05, 0.1) is 17.3 Å². The first kappa shape index (κ1) is 11.5. The van der Waals surface area contributed by atoms with Crippen LogP contribution in [0.15, 0.2) is 22.7 Å². The van der Waals surface area contributed by atoms with Crippen LogP contribution in [0, 0.1) is 5.92 Å². The number of rotatable bonds is 3. The first-order valence-corrected chi connectivity index (χ1v) is 6.15. The molecule has 1 aliphatic rings. The Labute approximate surface area is 103 Å². The van der Waals surface area contributed by atoms with Gasteiger partial charge in [0.1, 0.15) is 0 Å². The van der Waals surface area contributed by atoms with Crippen LogP contribution in [0.1, 0.15) is 19.3 Å². The highest BCUT2D eigenvalue weighted by molar-refractivity contribution is 9.10. The summed E-state index contributed by atoms with van der Waals surface area (Å²) < 4.78 is 6.10. The van der Waals surface area contributed by atoms with Crippen molar-refractivity contribution in [1.82, 2.24) is 0 Å². The van der Waals surface area contributed by atoms with E-state index in [9.17, 15) is 4.79 Å². The third-order valence-electron chi connectivity index (χ3n) is 2.90. The molecule has 4 heteroatoms. The zero-order valence-corrected chi connectivity index (χ0v) is 10.7. The van der Waals surface area contributed by atoms with Crippen LogP contribution in [0.5, 0.6) is 5.75 Å². The molecule has 1 saturated carbocycles. The molecular formula is C12H14BrNO2. The zero-order chi connectivity index (χ0) is 11.5. The minimum atomic E-state index is 0.0997. The molecule has 0 aromatic heterocycles. The van der Waals surface area contributed by atoms with Gasteiger partial charge in [0.25, 0.3) is 0 Å². The van der Waals surface area contributed by atoms with E-state index in [1.807, 2.05) is 18.2 Å². The Morgan fingerprint density at radius 1 is 1.50 bits per heavy atom. The van der Waals surface area contributed by atoms with Gasteiger partial charge in [-0.25, -0.2) is 0 Å². The number of hydrogen-bond donors (Lipinski definition) is 1. The van der Waals surface area contributed by atoms with Crippen molar-refractivity contribution < 1.29 is 9.53 Å². The number of halogens is 1. The Bertz CT molecular complexity index is 402. The summed E-state index contributed by atoms with van der Waals surface area (Å²) >= 11 is 3.39. The van der Waals surface area contributed by atoms with E-state index >= 15 is 0 Å². The lowest BCUT2D eigenvalue weighted by Crippen LogP contribution is -2.28. The highest BCUT2D eigenvalue weighted by atomic mass is 79.9. The maximum atomic E-state index is 11.8. The molecule has 0 aliphatic heterocycles. The maximum Gasteiger partial charge on any atom is 0.227 e. The van der Waals surface area contributed by atoms with E-state index in [-0.39, 0.29) is 11.8 Å². The highest BCUT2D eigenvalue weighted by Crippen LogP contribution is 2.34. The second kappa shape index (κ2) is 4.87. The Kier molecular flexibility index (Phi) is 3.49. The third-order valence-corrected chi connectivity index (χ3v) is 3.53. The molecule has 0 atom stereocenters. The van der Waals surface area contributed by atoms with Gasteiger partial charge in [0.15, 0.2) is 5.75 Å². The van der Waals surface area contributed by atoms with Gasteiger partial charge < -0.3 is 10.1 Å². The van der Waals surface area contributed by atoms with Crippen LogP contribution in [-0.2, 0) is 4.79 Å². The zero-order valence-electron chi connectivity index (χ0n) is 9.13. The highest BCUT2D eigenvalue weighted by Gasteiger charge is 2.25. The summed E-state index contributed by atoms with van der Waals surface area (Å²) in [6, 6.07) is 5.61. The number of amides is 1. The van der Waals surface area contributed by atoms with Crippen molar-refractivity contribution in [3.05, 3.63) is 22.7 Å². The second-order valence-electron chi connectivity index (χ2n) is 3.94. The maximum absolute atomic E-state index is 11.8. The predicted octanol–water partition coefficient (Wildman–Crippen LogP) is 3.20. The average Bonchev–Trinajstić information content (AvgIpc) is 2.15. The number of carbonyl (C=O) groups is 1. The Morgan fingerprint density at radius 3 is 2.81 bits per heavy atom. The van der Waals surface area contributed by atoms with Gasteiger partial charge in [-0.15, -0.1) is 0 Å². The lowest BCUT2D eigenvalue weighted by Gasteiger charge is -2.24. The fraction of sp³-hybridized carbons (Fsp3) is 0.417. The molecule has 1 aromatic rings. The minimum Gasteiger partial charge on any atom is -0.493 e. The lowest BCUT2D eigenvalue weighted by molar-refractivity contribution is -0.122. The molecule has 0 bridgehead atoms. The van der Waals surface area contributed by atoms with E-state index in [2.05, 4.69) is 21.2 Å². The number of nitrogens with one attached hydrogen (secondary N) is 1. The van der Waals surface area contributed by atoms with Crippen molar-refractivity contribution in [3.63, 3.8) is 0 Å². The Hall–Kier alpha value is -1.03. The molecular weight excluding hydrogens is 270 g/mol. The molecule has 2 rings (SSSR count). The topological polar surface area (TPSA) is 38.3 Å². The number of benzene rings is 1. The summed E-state index contributed by atoms with van der Waals surface area (Å²) in [6.07, 6.45) is 3.16. The smallest absolute Gasteiger partial charge is 0.227 e. The lowest BCUT2D eigenvalue weighted by atomic mass is 9.85. The fourth-order valence-corrected chi connectivity index (χ4v) is 2.25. The molecule has 1 fully saturated rings. The quantitative estimate of drug-likeness (QED) is 0.925. The summed E-state index contributed by atoms with van der Waals surface area (Å²) in [4.78, 5) is 11.8. The largest absolute Gasteiger partial charge is 0.493 e. The van der Waals surface area contributed by atoms with E-state index in [1.54, 1.807) is 7.11 Å². The standard InChI is InChI=1S/C12H14BrNO2/c1-16-11-9(13)6-3-7-10(11)14-12(15)8-4-2-5-8/h3,6-8H,2,4-5H2,1H3,(H,14,15). The molecule has 1 N–H and O–H groups in total. The van der Waals surface area contributed by atoms with Crippen molar-refractivity contribution in [2.45, 2.75) is 19.3 Å². The number of para-hydroxylation sites is 1. The summed E-state index contributed by atoms with van der Waals surface area (Å²) in [5.74, 6) is 0.960. The number of anilines is 1. The van der Waals surface area contributed by atoms with Crippen molar-refractivity contribution in [1.29, 1.82) is 0 Å². The van der Waals surface area contributed by atoms with Crippen LogP contribution < -0.4 is 10.1 Å². The van der Waals surface area contributed by atoms with Crippen molar-refractivity contribution >= 4 is 27.5 Å². The van der Waals surface area contributed by atoms with Crippen LogP contribution in [0.4, 0.5) is 5.69 Å². The Balaban J connectivity index is 2.13. The molecule has 86 valence electrons. The number of ether oxygens (including phenoxy) is 1. The van der Waals surface area contributed by atoms with Crippen molar-refractivity contribution in [3.8, 4) is 5.75 Å². The summed E-state index contributed by atoms with van der Waals surface area (Å²) in [5.41, 5.74) is 0.730. The predicted molar refractivity (Wildman–Crippen MR) is 66.7 cm³/mol. The van der Waals surface area contributed by atoms with Gasteiger partial charge >= 0.3 is 0 Å². The van der Waals surface area contributed by atoms with E-state index in [0.29, 0.717) is 5.75 Å². The first-order chi connectivity index (χ1) is 7.72. The van der Waals surface area contributed by atoms with Crippen LogP contribution in [0.25, 0.3) is 0 Å². The number of carbonyl (C=O) groups excluding carboxylic acids is 1.